The van der Waals surface area contributed by atoms with Crippen LogP contribution in [0.1, 0.15) is 38.2 Å². The van der Waals surface area contributed by atoms with Crippen molar-refractivity contribution in [3.63, 3.8) is 0 Å². The van der Waals surface area contributed by atoms with Gasteiger partial charge in [-0.05, 0) is 48.8 Å². The SMILES string of the molecule is COc1ccc(CN2C[C@@]3(CCC[C@](C)(COS(C)(=O)=O)C3)OC2=O)cc1. The van der Waals surface area contributed by atoms with Gasteiger partial charge in [0, 0.05) is 6.54 Å². The molecule has 1 aromatic rings. The third-order valence-corrected chi connectivity index (χ3v) is 5.90. The first-order chi connectivity index (χ1) is 12.6. The number of hydrogen-bond acceptors (Lipinski definition) is 6. The average Bonchev–Trinajstić information content (AvgIpc) is 2.88. The molecule has 150 valence electrons. The molecule has 1 saturated heterocycles. The van der Waals surface area contributed by atoms with Gasteiger partial charge >= 0.3 is 6.09 Å². The molecule has 2 aliphatic rings. The van der Waals surface area contributed by atoms with E-state index in [1.54, 1.807) is 12.0 Å². The smallest absolute Gasteiger partial charge is 0.410 e. The Hall–Kier alpha value is -1.80. The molecular formula is C19H27NO6S. The van der Waals surface area contributed by atoms with E-state index in [0.717, 1.165) is 36.8 Å². The molecule has 7 nitrogen and oxygen atoms in total. The fourth-order valence-electron chi connectivity index (χ4n) is 4.15. The van der Waals surface area contributed by atoms with E-state index in [2.05, 4.69) is 0 Å². The van der Waals surface area contributed by atoms with Crippen LogP contribution in [0.4, 0.5) is 4.79 Å². The summed E-state index contributed by atoms with van der Waals surface area (Å²) in [6.45, 7) is 3.09. The summed E-state index contributed by atoms with van der Waals surface area (Å²) in [4.78, 5) is 14.2. The molecule has 1 aromatic carbocycles. The Bertz CT molecular complexity index is 793. The van der Waals surface area contributed by atoms with Crippen molar-refractivity contribution in [1.29, 1.82) is 0 Å². The highest BCUT2D eigenvalue weighted by Gasteiger charge is 2.51. The molecule has 1 heterocycles. The van der Waals surface area contributed by atoms with Crippen LogP contribution >= 0.6 is 0 Å². The Labute approximate surface area is 160 Å². The minimum atomic E-state index is -3.49. The molecule has 2 fully saturated rings. The van der Waals surface area contributed by atoms with E-state index in [1.807, 2.05) is 31.2 Å². The highest BCUT2D eigenvalue weighted by Crippen LogP contribution is 2.46. The van der Waals surface area contributed by atoms with Gasteiger partial charge in [0.15, 0.2) is 0 Å². The summed E-state index contributed by atoms with van der Waals surface area (Å²) in [6.07, 6.45) is 3.83. The van der Waals surface area contributed by atoms with Crippen molar-refractivity contribution in [1.82, 2.24) is 4.90 Å². The lowest BCUT2D eigenvalue weighted by atomic mass is 9.69. The maximum atomic E-state index is 12.5. The van der Waals surface area contributed by atoms with Gasteiger partial charge in [0.1, 0.15) is 11.4 Å². The van der Waals surface area contributed by atoms with Crippen molar-refractivity contribution in [2.75, 3.05) is 26.5 Å². The van der Waals surface area contributed by atoms with Crippen LogP contribution in [0.2, 0.25) is 0 Å². The zero-order valence-corrected chi connectivity index (χ0v) is 16.9. The monoisotopic (exact) mass is 397 g/mol. The first kappa shape index (κ1) is 19.9. The zero-order valence-electron chi connectivity index (χ0n) is 16.1. The highest BCUT2D eigenvalue weighted by atomic mass is 32.2. The molecule has 1 spiro atoms. The lowest BCUT2D eigenvalue weighted by Gasteiger charge is -2.42. The Morgan fingerprint density at radius 3 is 2.56 bits per heavy atom. The van der Waals surface area contributed by atoms with Crippen molar-refractivity contribution in [2.24, 2.45) is 5.41 Å². The molecular weight excluding hydrogens is 370 g/mol. The lowest BCUT2D eigenvalue weighted by molar-refractivity contribution is -0.0357. The number of nitrogens with zero attached hydrogens (tertiary/aromatic N) is 1. The van der Waals surface area contributed by atoms with Gasteiger partial charge in [0.05, 0.1) is 26.5 Å². The Morgan fingerprint density at radius 1 is 1.22 bits per heavy atom. The summed E-state index contributed by atoms with van der Waals surface area (Å²) in [7, 11) is -1.88. The van der Waals surface area contributed by atoms with Gasteiger partial charge in [-0.1, -0.05) is 19.1 Å². The van der Waals surface area contributed by atoms with Crippen LogP contribution in [0, 0.1) is 5.41 Å². The van der Waals surface area contributed by atoms with E-state index < -0.39 is 15.7 Å². The molecule has 27 heavy (non-hydrogen) atoms. The van der Waals surface area contributed by atoms with Crippen LogP contribution in [-0.2, 0) is 25.6 Å². The second-order valence-corrected chi connectivity index (χ2v) is 9.71. The van der Waals surface area contributed by atoms with Crippen molar-refractivity contribution in [3.05, 3.63) is 29.8 Å². The summed E-state index contributed by atoms with van der Waals surface area (Å²) in [6, 6.07) is 7.60. The molecule has 8 heteroatoms. The van der Waals surface area contributed by atoms with Crippen molar-refractivity contribution >= 4 is 16.2 Å². The molecule has 0 N–H and O–H groups in total. The van der Waals surface area contributed by atoms with Gasteiger partial charge in [-0.3, -0.25) is 9.08 Å². The molecule has 2 atom stereocenters. The summed E-state index contributed by atoms with van der Waals surface area (Å²) in [5.74, 6) is 0.771. The van der Waals surface area contributed by atoms with Gasteiger partial charge in [-0.15, -0.1) is 0 Å². The van der Waals surface area contributed by atoms with Crippen LogP contribution in [0.5, 0.6) is 5.75 Å². The molecule has 3 rings (SSSR count). The Kier molecular flexibility index (Phi) is 5.40. The van der Waals surface area contributed by atoms with Crippen molar-refractivity contribution in [3.8, 4) is 5.75 Å². The fourth-order valence-corrected chi connectivity index (χ4v) is 4.65. The topological polar surface area (TPSA) is 82.1 Å². The predicted octanol–water partition coefficient (Wildman–Crippen LogP) is 2.94. The molecule has 0 aromatic heterocycles. The van der Waals surface area contributed by atoms with Crippen LogP contribution in [0.3, 0.4) is 0 Å². The normalized spacial score (nSPS) is 28.4. The van der Waals surface area contributed by atoms with Gasteiger partial charge in [-0.25, -0.2) is 4.79 Å². The number of hydrogen-bond donors (Lipinski definition) is 0. The minimum absolute atomic E-state index is 0.115. The second-order valence-electron chi connectivity index (χ2n) is 8.06. The van der Waals surface area contributed by atoms with Crippen LogP contribution in [0.25, 0.3) is 0 Å². The van der Waals surface area contributed by atoms with Crippen LogP contribution in [-0.4, -0.2) is 51.5 Å². The number of methoxy groups -OCH3 is 1. The first-order valence-corrected chi connectivity index (χ1v) is 10.9. The molecule has 1 amide bonds. The number of rotatable bonds is 6. The van der Waals surface area contributed by atoms with E-state index in [1.165, 1.54) is 0 Å². The molecule has 1 aliphatic carbocycles. The number of amides is 1. The standard InChI is InChI=1S/C19H27NO6S/c1-18(14-25-27(3,22)23)9-4-10-19(12-18)13-20(17(21)26-19)11-15-5-7-16(24-2)8-6-15/h5-8H,4,9-14H2,1-3H3/t18-,19-/m0/s1. The number of carbonyl (C=O) groups excluding carboxylic acids is 1. The largest absolute Gasteiger partial charge is 0.497 e. The summed E-state index contributed by atoms with van der Waals surface area (Å²) in [5.41, 5.74) is 0.0959. The maximum absolute atomic E-state index is 12.5. The van der Waals surface area contributed by atoms with Gasteiger partial charge in [0.25, 0.3) is 10.1 Å². The third-order valence-electron chi connectivity index (χ3n) is 5.36. The quantitative estimate of drug-likeness (QED) is 0.687. The number of benzene rings is 1. The zero-order chi connectivity index (χ0) is 19.7. The summed E-state index contributed by atoms with van der Waals surface area (Å²) >= 11 is 0. The first-order valence-electron chi connectivity index (χ1n) is 9.07. The van der Waals surface area contributed by atoms with Gasteiger partial charge in [0.2, 0.25) is 0 Å². The van der Waals surface area contributed by atoms with Gasteiger partial charge in [-0.2, -0.15) is 8.42 Å². The molecule has 1 aliphatic heterocycles. The van der Waals surface area contributed by atoms with E-state index in [9.17, 15) is 13.2 Å². The van der Waals surface area contributed by atoms with Crippen LogP contribution < -0.4 is 4.74 Å². The third kappa shape index (κ3) is 4.93. The number of ether oxygens (including phenoxy) is 2. The van der Waals surface area contributed by atoms with Crippen molar-refractivity contribution in [2.45, 2.75) is 44.8 Å². The molecule has 0 radical (unpaired) electrons. The fraction of sp³-hybridized carbons (Fsp3) is 0.632. The average molecular weight is 397 g/mol. The molecule has 0 unspecified atom stereocenters. The second kappa shape index (κ2) is 7.31. The minimum Gasteiger partial charge on any atom is -0.497 e. The highest BCUT2D eigenvalue weighted by molar-refractivity contribution is 7.85. The predicted molar refractivity (Wildman–Crippen MR) is 100.0 cm³/mol. The summed E-state index contributed by atoms with van der Waals surface area (Å²) in [5, 5.41) is 0. The number of carbonyl (C=O) groups is 1. The van der Waals surface area contributed by atoms with Gasteiger partial charge < -0.3 is 9.47 Å². The van der Waals surface area contributed by atoms with E-state index >= 15 is 0 Å². The van der Waals surface area contributed by atoms with E-state index in [4.69, 9.17) is 13.7 Å². The summed E-state index contributed by atoms with van der Waals surface area (Å²) < 4.78 is 38.7. The van der Waals surface area contributed by atoms with E-state index in [0.29, 0.717) is 19.5 Å². The Morgan fingerprint density at radius 2 is 1.93 bits per heavy atom. The van der Waals surface area contributed by atoms with E-state index in [-0.39, 0.29) is 18.1 Å². The Balaban J connectivity index is 1.67. The molecule has 0 bridgehead atoms. The van der Waals surface area contributed by atoms with Crippen molar-refractivity contribution < 1.29 is 26.9 Å². The molecule has 1 saturated carbocycles. The van der Waals surface area contributed by atoms with Crippen LogP contribution in [0.15, 0.2) is 24.3 Å². The lowest BCUT2D eigenvalue weighted by Crippen LogP contribution is -2.45. The maximum Gasteiger partial charge on any atom is 0.410 e.